The second-order valence-corrected chi connectivity index (χ2v) is 6.25. The number of amides is 1. The van der Waals surface area contributed by atoms with Crippen LogP contribution in [0.1, 0.15) is 34.6 Å². The Bertz CT molecular complexity index is 501. The number of pyridine rings is 1. The zero-order chi connectivity index (χ0) is 15.5. The van der Waals surface area contributed by atoms with Crippen LogP contribution in [0.3, 0.4) is 0 Å². The lowest BCUT2D eigenvalue weighted by molar-refractivity contribution is 0.0634. The van der Waals surface area contributed by atoms with Crippen LogP contribution < -0.4 is 10.1 Å². The number of rotatable bonds is 3. The Balaban J connectivity index is 2.94. The molecule has 1 rings (SSSR count). The Hall–Kier alpha value is -1.37. The summed E-state index contributed by atoms with van der Waals surface area (Å²) in [5.74, 6) is -0.988. The molecule has 0 spiro atoms. The quantitative estimate of drug-likeness (QED) is 0.892. The average Bonchev–Trinajstić information content (AvgIpc) is 2.25. The van der Waals surface area contributed by atoms with E-state index >= 15 is 0 Å². The van der Waals surface area contributed by atoms with Crippen molar-refractivity contribution in [3.05, 3.63) is 16.5 Å². The summed E-state index contributed by atoms with van der Waals surface area (Å²) in [5.41, 5.74) is -0.673. The second-order valence-electron chi connectivity index (χ2n) is 5.39. The van der Waals surface area contributed by atoms with Gasteiger partial charge in [0, 0.05) is 6.20 Å². The molecule has 20 heavy (non-hydrogen) atoms. The highest BCUT2D eigenvalue weighted by molar-refractivity contribution is 9.10. The van der Waals surface area contributed by atoms with E-state index in [9.17, 15) is 9.18 Å². The number of aromatic nitrogens is 1. The summed E-state index contributed by atoms with van der Waals surface area (Å²) < 4.78 is 25.0. The summed E-state index contributed by atoms with van der Waals surface area (Å²) in [5, 5.41) is 2.26. The molecule has 1 amide bonds. The van der Waals surface area contributed by atoms with Gasteiger partial charge in [-0.25, -0.2) is 9.78 Å². The molecule has 0 fully saturated rings. The van der Waals surface area contributed by atoms with Gasteiger partial charge in [0.1, 0.15) is 5.60 Å². The van der Waals surface area contributed by atoms with Gasteiger partial charge in [-0.1, -0.05) is 0 Å². The van der Waals surface area contributed by atoms with Crippen LogP contribution in [-0.4, -0.2) is 22.8 Å². The highest BCUT2D eigenvalue weighted by atomic mass is 79.9. The Labute approximate surface area is 126 Å². The Morgan fingerprint density at radius 3 is 2.55 bits per heavy atom. The number of carbonyl (C=O) groups excluding carboxylic acids is 1. The molecule has 0 atom stereocenters. The minimum Gasteiger partial charge on any atom is -0.487 e. The molecule has 0 saturated carbocycles. The van der Waals surface area contributed by atoms with Crippen molar-refractivity contribution < 1.29 is 18.7 Å². The van der Waals surface area contributed by atoms with Crippen molar-refractivity contribution in [2.75, 3.05) is 5.32 Å². The summed E-state index contributed by atoms with van der Waals surface area (Å²) in [6.45, 7) is 8.68. The monoisotopic (exact) mass is 348 g/mol. The summed E-state index contributed by atoms with van der Waals surface area (Å²) in [6, 6.07) is 0. The van der Waals surface area contributed by atoms with Crippen molar-refractivity contribution in [2.24, 2.45) is 0 Å². The molecule has 7 heteroatoms. The Morgan fingerprint density at radius 1 is 1.45 bits per heavy atom. The molecular formula is C13H18BrFN2O3. The van der Waals surface area contributed by atoms with Crippen molar-refractivity contribution in [3.8, 4) is 5.75 Å². The molecule has 112 valence electrons. The van der Waals surface area contributed by atoms with Gasteiger partial charge in [0.2, 0.25) is 5.82 Å². The van der Waals surface area contributed by atoms with Crippen LogP contribution in [0.15, 0.2) is 10.7 Å². The Kier molecular flexibility index (Phi) is 5.33. The first kappa shape index (κ1) is 16.7. The zero-order valence-electron chi connectivity index (χ0n) is 12.1. The minimum absolute atomic E-state index is 0.000980. The third kappa shape index (κ3) is 4.96. The number of ether oxygens (including phenoxy) is 2. The predicted octanol–water partition coefficient (Wildman–Crippen LogP) is 4.12. The fourth-order valence-electron chi connectivity index (χ4n) is 1.28. The molecule has 0 saturated heterocycles. The van der Waals surface area contributed by atoms with E-state index in [1.807, 2.05) is 0 Å². The lowest BCUT2D eigenvalue weighted by atomic mass is 10.2. The van der Waals surface area contributed by atoms with Gasteiger partial charge in [-0.15, -0.1) is 0 Å². The number of hydrogen-bond acceptors (Lipinski definition) is 4. The highest BCUT2D eigenvalue weighted by Crippen LogP contribution is 2.32. The number of halogens is 2. The summed E-state index contributed by atoms with van der Waals surface area (Å²) in [4.78, 5) is 15.4. The topological polar surface area (TPSA) is 60.5 Å². The lowest BCUT2D eigenvalue weighted by Gasteiger charge is -2.20. The van der Waals surface area contributed by atoms with Crippen LogP contribution in [-0.2, 0) is 4.74 Å². The van der Waals surface area contributed by atoms with Crippen molar-refractivity contribution in [1.82, 2.24) is 4.98 Å². The molecule has 0 aliphatic heterocycles. The van der Waals surface area contributed by atoms with E-state index in [0.717, 1.165) is 0 Å². The third-order valence-electron chi connectivity index (χ3n) is 1.90. The molecule has 5 nitrogen and oxygen atoms in total. The summed E-state index contributed by atoms with van der Waals surface area (Å²) >= 11 is 3.15. The molecule has 1 heterocycles. The smallest absolute Gasteiger partial charge is 0.413 e. The lowest BCUT2D eigenvalue weighted by Crippen LogP contribution is -2.28. The first-order valence-corrected chi connectivity index (χ1v) is 6.90. The largest absolute Gasteiger partial charge is 0.487 e. The molecule has 0 aliphatic carbocycles. The van der Waals surface area contributed by atoms with Crippen LogP contribution in [0.25, 0.3) is 0 Å². The van der Waals surface area contributed by atoms with Gasteiger partial charge < -0.3 is 9.47 Å². The van der Waals surface area contributed by atoms with E-state index in [1.54, 1.807) is 34.6 Å². The molecule has 0 bridgehead atoms. The number of nitrogens with one attached hydrogen (secondary N) is 1. The van der Waals surface area contributed by atoms with E-state index in [4.69, 9.17) is 9.47 Å². The van der Waals surface area contributed by atoms with Crippen molar-refractivity contribution in [1.29, 1.82) is 0 Å². The summed E-state index contributed by atoms with van der Waals surface area (Å²) in [7, 11) is 0. The SMILES string of the molecule is CC(C)Oc1c(Br)cnc(NC(=O)OC(C)(C)C)c1F. The number of hydrogen-bond donors (Lipinski definition) is 1. The average molecular weight is 349 g/mol. The van der Waals surface area contributed by atoms with Crippen LogP contribution >= 0.6 is 15.9 Å². The van der Waals surface area contributed by atoms with Gasteiger partial charge >= 0.3 is 6.09 Å². The molecule has 0 aromatic carbocycles. The van der Waals surface area contributed by atoms with Gasteiger partial charge in [-0.05, 0) is 50.5 Å². The predicted molar refractivity (Wildman–Crippen MR) is 77.5 cm³/mol. The maximum atomic E-state index is 14.2. The highest BCUT2D eigenvalue weighted by Gasteiger charge is 2.21. The van der Waals surface area contributed by atoms with E-state index in [0.29, 0.717) is 4.47 Å². The number of anilines is 1. The van der Waals surface area contributed by atoms with Gasteiger partial charge in [-0.2, -0.15) is 4.39 Å². The maximum absolute atomic E-state index is 14.2. The second kappa shape index (κ2) is 6.39. The van der Waals surface area contributed by atoms with Crippen LogP contribution in [0.2, 0.25) is 0 Å². The normalized spacial score (nSPS) is 11.4. The van der Waals surface area contributed by atoms with Crippen molar-refractivity contribution in [3.63, 3.8) is 0 Å². The molecule has 0 radical (unpaired) electrons. The molecular weight excluding hydrogens is 331 g/mol. The Morgan fingerprint density at radius 2 is 2.05 bits per heavy atom. The first-order valence-electron chi connectivity index (χ1n) is 6.11. The molecule has 1 N–H and O–H groups in total. The van der Waals surface area contributed by atoms with E-state index in [2.05, 4.69) is 26.2 Å². The molecule has 1 aromatic rings. The maximum Gasteiger partial charge on any atom is 0.413 e. The van der Waals surface area contributed by atoms with Crippen molar-refractivity contribution >= 4 is 27.8 Å². The molecule has 0 aliphatic rings. The number of nitrogens with zero attached hydrogens (tertiary/aromatic N) is 1. The van der Waals surface area contributed by atoms with Crippen LogP contribution in [0.5, 0.6) is 5.75 Å². The fourth-order valence-corrected chi connectivity index (χ4v) is 1.65. The number of carbonyl (C=O) groups is 1. The molecule has 0 unspecified atom stereocenters. The standard InChI is InChI=1S/C13H18BrFN2O3/c1-7(2)19-10-8(14)6-16-11(9(10)15)17-12(18)20-13(3,4)5/h6-7H,1-5H3,(H,16,17,18). The minimum atomic E-state index is -0.776. The van der Waals surface area contributed by atoms with Gasteiger partial charge in [0.25, 0.3) is 0 Å². The fraction of sp³-hybridized carbons (Fsp3) is 0.538. The van der Waals surface area contributed by atoms with Gasteiger partial charge in [0.15, 0.2) is 11.6 Å². The van der Waals surface area contributed by atoms with Crippen LogP contribution in [0.4, 0.5) is 15.0 Å². The third-order valence-corrected chi connectivity index (χ3v) is 2.47. The molecule has 1 aromatic heterocycles. The van der Waals surface area contributed by atoms with Gasteiger partial charge in [0.05, 0.1) is 10.6 Å². The van der Waals surface area contributed by atoms with E-state index in [1.165, 1.54) is 6.20 Å². The summed E-state index contributed by atoms with van der Waals surface area (Å²) in [6.07, 6.45) is 0.368. The van der Waals surface area contributed by atoms with E-state index in [-0.39, 0.29) is 17.7 Å². The first-order chi connectivity index (χ1) is 9.10. The van der Waals surface area contributed by atoms with Gasteiger partial charge in [-0.3, -0.25) is 5.32 Å². The van der Waals surface area contributed by atoms with Crippen molar-refractivity contribution in [2.45, 2.75) is 46.3 Å². The van der Waals surface area contributed by atoms with Crippen LogP contribution in [0, 0.1) is 5.82 Å². The zero-order valence-corrected chi connectivity index (χ0v) is 13.7. The van der Waals surface area contributed by atoms with E-state index < -0.39 is 17.5 Å².